The van der Waals surface area contributed by atoms with Crippen LogP contribution in [0.15, 0.2) is 180 Å². The number of benzene rings is 8. The first kappa shape index (κ1) is 29.0. The lowest BCUT2D eigenvalue weighted by Crippen LogP contribution is -2.00. The number of nitrogens with zero attached hydrogens (tertiary/aromatic N) is 3. The topological polar surface area (TPSA) is 51.8 Å². The molecule has 2 heterocycles. The average Bonchev–Trinajstić information content (AvgIpc) is 3.59. The normalized spacial score (nSPS) is 11.5. The molecule has 10 aromatic rings. The summed E-state index contributed by atoms with van der Waals surface area (Å²) < 4.78 is 6.45. The van der Waals surface area contributed by atoms with E-state index < -0.39 is 0 Å². The first-order valence-corrected chi connectivity index (χ1v) is 17.1. The fraction of sp³-hybridized carbons (Fsp3) is 0. The van der Waals surface area contributed by atoms with Gasteiger partial charge >= 0.3 is 0 Å². The summed E-state index contributed by atoms with van der Waals surface area (Å²) in [7, 11) is 0. The summed E-state index contributed by atoms with van der Waals surface area (Å²) in [6, 6.07) is 61.2. The third kappa shape index (κ3) is 5.22. The molecule has 10 rings (SSSR count). The van der Waals surface area contributed by atoms with Gasteiger partial charge in [0.1, 0.15) is 11.2 Å². The van der Waals surface area contributed by atoms with Gasteiger partial charge in [0, 0.05) is 27.5 Å². The molecule has 2 aromatic heterocycles. The summed E-state index contributed by atoms with van der Waals surface area (Å²) in [5.41, 5.74) is 8.99. The van der Waals surface area contributed by atoms with E-state index in [0.29, 0.717) is 17.5 Å². The quantitative estimate of drug-likeness (QED) is 0.186. The summed E-state index contributed by atoms with van der Waals surface area (Å²) in [6.07, 6.45) is 0. The van der Waals surface area contributed by atoms with Crippen molar-refractivity contribution in [1.29, 1.82) is 0 Å². The zero-order chi connectivity index (χ0) is 33.7. The van der Waals surface area contributed by atoms with Crippen LogP contribution in [-0.4, -0.2) is 15.0 Å². The zero-order valence-corrected chi connectivity index (χ0v) is 27.5. The van der Waals surface area contributed by atoms with Gasteiger partial charge in [-0.15, -0.1) is 0 Å². The lowest BCUT2D eigenvalue weighted by molar-refractivity contribution is 0.669. The molecular weight excluding hydrogens is 623 g/mol. The third-order valence-electron chi connectivity index (χ3n) is 9.69. The van der Waals surface area contributed by atoms with Crippen molar-refractivity contribution < 1.29 is 4.42 Å². The molecule has 0 saturated carbocycles. The van der Waals surface area contributed by atoms with Crippen molar-refractivity contribution in [1.82, 2.24) is 15.0 Å². The van der Waals surface area contributed by atoms with Crippen molar-refractivity contribution in [2.75, 3.05) is 0 Å². The highest BCUT2D eigenvalue weighted by Gasteiger charge is 2.18. The van der Waals surface area contributed by atoms with Crippen LogP contribution in [0.1, 0.15) is 0 Å². The summed E-state index contributed by atoms with van der Waals surface area (Å²) >= 11 is 0. The van der Waals surface area contributed by atoms with E-state index in [2.05, 4.69) is 127 Å². The Labute approximate surface area is 294 Å². The van der Waals surface area contributed by atoms with Crippen LogP contribution in [-0.2, 0) is 0 Å². The van der Waals surface area contributed by atoms with Gasteiger partial charge in [0.15, 0.2) is 17.5 Å². The molecule has 0 unspecified atom stereocenters. The predicted molar refractivity (Wildman–Crippen MR) is 209 cm³/mol. The minimum atomic E-state index is 0.601. The SMILES string of the molecule is c1ccc(-c2ccc3c(c2)oc2cccc(-c4nc(-c5ccccc5)nc(-c5ccc6ccc(-c7ccc8ccccc8c7)cc6c5)n4)c23)cc1. The minimum absolute atomic E-state index is 0.601. The van der Waals surface area contributed by atoms with Crippen molar-refractivity contribution in [2.45, 2.75) is 0 Å². The standard InChI is InChI=1S/C47H29N3O/c1-3-10-30(11-4-1)37-24-25-40-43(29-37)51-42-17-9-16-41(44(40)42)47-49-45(33-13-5-2-6-14-33)48-46(50-47)38-23-20-32-19-22-36(27-39(32)28-38)35-21-18-31-12-7-8-15-34(31)26-35/h1-29H. The van der Waals surface area contributed by atoms with E-state index in [1.165, 1.54) is 21.9 Å². The Hall–Kier alpha value is -6.91. The fourth-order valence-corrected chi connectivity index (χ4v) is 7.10. The van der Waals surface area contributed by atoms with Gasteiger partial charge in [0.2, 0.25) is 0 Å². The fourth-order valence-electron chi connectivity index (χ4n) is 7.10. The predicted octanol–water partition coefficient (Wildman–Crippen LogP) is 12.4. The van der Waals surface area contributed by atoms with Gasteiger partial charge in [-0.1, -0.05) is 140 Å². The lowest BCUT2D eigenvalue weighted by Gasteiger charge is -2.11. The molecule has 0 aliphatic heterocycles. The monoisotopic (exact) mass is 651 g/mol. The third-order valence-corrected chi connectivity index (χ3v) is 9.69. The summed E-state index contributed by atoms with van der Waals surface area (Å²) in [5.74, 6) is 1.84. The Bertz CT molecular complexity index is 2910. The Morgan fingerprint density at radius 1 is 0.314 bits per heavy atom. The maximum atomic E-state index is 6.45. The molecule has 238 valence electrons. The number of furan rings is 1. The van der Waals surface area contributed by atoms with Crippen molar-refractivity contribution in [3.8, 4) is 56.4 Å². The van der Waals surface area contributed by atoms with Crippen LogP contribution in [0.25, 0.3) is 99.9 Å². The number of fused-ring (bicyclic) bond motifs is 5. The molecule has 0 N–H and O–H groups in total. The first-order valence-electron chi connectivity index (χ1n) is 17.1. The van der Waals surface area contributed by atoms with E-state index in [1.807, 2.05) is 48.5 Å². The van der Waals surface area contributed by atoms with E-state index in [0.717, 1.165) is 60.5 Å². The van der Waals surface area contributed by atoms with Gasteiger partial charge in [-0.25, -0.2) is 15.0 Å². The molecule has 0 atom stereocenters. The van der Waals surface area contributed by atoms with Gasteiger partial charge in [0.25, 0.3) is 0 Å². The van der Waals surface area contributed by atoms with E-state index in [-0.39, 0.29) is 0 Å². The van der Waals surface area contributed by atoms with Crippen LogP contribution >= 0.6 is 0 Å². The second-order valence-corrected chi connectivity index (χ2v) is 12.9. The number of rotatable bonds is 5. The number of aromatic nitrogens is 3. The van der Waals surface area contributed by atoms with Crippen LogP contribution in [0.4, 0.5) is 0 Å². The highest BCUT2D eigenvalue weighted by atomic mass is 16.3. The maximum Gasteiger partial charge on any atom is 0.164 e. The molecule has 51 heavy (non-hydrogen) atoms. The summed E-state index contributed by atoms with van der Waals surface area (Å²) in [5, 5.41) is 6.76. The van der Waals surface area contributed by atoms with Crippen molar-refractivity contribution >= 4 is 43.5 Å². The van der Waals surface area contributed by atoms with Crippen LogP contribution in [0.3, 0.4) is 0 Å². The van der Waals surface area contributed by atoms with Crippen molar-refractivity contribution in [2.24, 2.45) is 0 Å². The van der Waals surface area contributed by atoms with Gasteiger partial charge in [-0.2, -0.15) is 0 Å². The van der Waals surface area contributed by atoms with E-state index in [1.54, 1.807) is 0 Å². The Morgan fingerprint density at radius 3 is 1.63 bits per heavy atom. The van der Waals surface area contributed by atoms with Crippen LogP contribution in [0, 0.1) is 0 Å². The molecule has 0 amide bonds. The van der Waals surface area contributed by atoms with Gasteiger partial charge in [0.05, 0.1) is 0 Å². The van der Waals surface area contributed by atoms with Crippen LogP contribution < -0.4 is 0 Å². The highest BCUT2D eigenvalue weighted by molar-refractivity contribution is 6.12. The molecule has 0 fully saturated rings. The summed E-state index contributed by atoms with van der Waals surface area (Å²) in [6.45, 7) is 0. The largest absolute Gasteiger partial charge is 0.456 e. The van der Waals surface area contributed by atoms with Crippen molar-refractivity contribution in [3.63, 3.8) is 0 Å². The Kier molecular flexibility index (Phi) is 6.78. The van der Waals surface area contributed by atoms with E-state index >= 15 is 0 Å². The van der Waals surface area contributed by atoms with Gasteiger partial charge in [-0.3, -0.25) is 0 Å². The second-order valence-electron chi connectivity index (χ2n) is 12.9. The molecule has 0 aliphatic carbocycles. The Balaban J connectivity index is 1.12. The average molecular weight is 652 g/mol. The van der Waals surface area contributed by atoms with E-state index in [9.17, 15) is 0 Å². The molecule has 0 aliphatic rings. The minimum Gasteiger partial charge on any atom is -0.456 e. The van der Waals surface area contributed by atoms with Crippen LogP contribution in [0.5, 0.6) is 0 Å². The summed E-state index contributed by atoms with van der Waals surface area (Å²) in [4.78, 5) is 15.3. The van der Waals surface area contributed by atoms with Crippen LogP contribution in [0.2, 0.25) is 0 Å². The maximum absolute atomic E-state index is 6.45. The molecule has 0 bridgehead atoms. The van der Waals surface area contributed by atoms with Crippen molar-refractivity contribution in [3.05, 3.63) is 176 Å². The molecule has 0 radical (unpaired) electrons. The molecule has 0 spiro atoms. The highest BCUT2D eigenvalue weighted by Crippen LogP contribution is 2.38. The lowest BCUT2D eigenvalue weighted by atomic mass is 9.97. The van der Waals surface area contributed by atoms with E-state index in [4.69, 9.17) is 19.4 Å². The van der Waals surface area contributed by atoms with Gasteiger partial charge < -0.3 is 4.42 Å². The molecule has 0 saturated heterocycles. The van der Waals surface area contributed by atoms with Gasteiger partial charge in [-0.05, 0) is 80.2 Å². The first-order chi connectivity index (χ1) is 25.2. The molecule has 4 heteroatoms. The smallest absolute Gasteiger partial charge is 0.164 e. The zero-order valence-electron chi connectivity index (χ0n) is 27.5. The number of hydrogen-bond acceptors (Lipinski definition) is 4. The molecule has 4 nitrogen and oxygen atoms in total. The number of hydrogen-bond donors (Lipinski definition) is 0. The molecule has 8 aromatic carbocycles. The Morgan fingerprint density at radius 2 is 0.863 bits per heavy atom. The second kappa shape index (κ2) is 11.9. The molecular formula is C47H29N3O.